The van der Waals surface area contributed by atoms with Gasteiger partial charge in [0.25, 0.3) is 0 Å². The van der Waals surface area contributed by atoms with Gasteiger partial charge in [-0.2, -0.15) is 0 Å². The first-order valence-corrected chi connectivity index (χ1v) is 29.0. The minimum atomic E-state index is -1.73. The third kappa shape index (κ3) is 27.3. The van der Waals surface area contributed by atoms with Crippen molar-refractivity contribution in [3.8, 4) is 5.75 Å². The second kappa shape index (κ2) is 39.9. The highest BCUT2D eigenvalue weighted by molar-refractivity contribution is 5.98. The maximum atomic E-state index is 14.2. The summed E-state index contributed by atoms with van der Waals surface area (Å²) >= 11 is 0. The third-order valence-corrected chi connectivity index (χ3v) is 13.9. The number of phenols is 1. The molecule has 0 bridgehead atoms. The van der Waals surface area contributed by atoms with Crippen molar-refractivity contribution < 1.29 is 63.6 Å². The number of benzene rings is 2. The van der Waals surface area contributed by atoms with Crippen LogP contribution in [0.15, 0.2) is 79.1 Å². The van der Waals surface area contributed by atoms with Crippen LogP contribution in [0.5, 0.6) is 5.75 Å². The molecule has 1 heterocycles. The van der Waals surface area contributed by atoms with E-state index in [0.717, 1.165) is 31.2 Å². The van der Waals surface area contributed by atoms with Gasteiger partial charge in [-0.3, -0.25) is 48.1 Å². The van der Waals surface area contributed by atoms with Crippen LogP contribution in [0.2, 0.25) is 0 Å². The normalized spacial score (nSPS) is 13.6. The number of nitrogens with zero attached hydrogens (tertiary/aromatic N) is 1. The summed E-state index contributed by atoms with van der Waals surface area (Å²) in [6.07, 6.45) is 17.3. The molecule has 0 aliphatic heterocycles. The summed E-state index contributed by atoms with van der Waals surface area (Å²) in [5.74, 6) is -7.96. The van der Waals surface area contributed by atoms with Crippen LogP contribution in [0.3, 0.4) is 0 Å². The predicted molar refractivity (Wildman–Crippen MR) is 308 cm³/mol. The van der Waals surface area contributed by atoms with E-state index in [0.29, 0.717) is 30.4 Å². The molecule has 12 N–H and O–H groups in total. The predicted octanol–water partition coefficient (Wildman–Crippen LogP) is 3.48. The molecule has 0 unspecified atom stereocenters. The number of aliphatic hydroxyl groups excluding tert-OH is 2. The number of carboxylic acids is 1. The number of unbranched alkanes of at least 4 members (excludes halogenated alkanes) is 13. The summed E-state index contributed by atoms with van der Waals surface area (Å²) in [7, 11) is 1.41. The molecule has 0 aliphatic carbocycles. The van der Waals surface area contributed by atoms with Crippen LogP contribution in [-0.2, 0) is 62.4 Å². The van der Waals surface area contributed by atoms with E-state index in [4.69, 9.17) is 0 Å². The monoisotopic (exact) mass is 1140 g/mol. The fraction of sp³-hybridized carbons (Fsp3) is 0.567. The topological polar surface area (TPSA) is 344 Å². The Morgan fingerprint density at radius 3 is 1.30 bits per heavy atom. The Balaban J connectivity index is 1.74. The van der Waals surface area contributed by atoms with E-state index in [1.54, 1.807) is 42.5 Å². The average Bonchev–Trinajstić information content (AvgIpc) is 3.47. The average molecular weight is 1140 g/mol. The van der Waals surface area contributed by atoms with E-state index in [1.165, 1.54) is 95.1 Å². The first kappa shape index (κ1) is 68.8. The molecule has 3 rings (SSSR count). The quantitative estimate of drug-likeness (QED) is 0.0362. The smallest absolute Gasteiger partial charge is 0.303 e. The largest absolute Gasteiger partial charge is 0.508 e. The van der Waals surface area contributed by atoms with Crippen LogP contribution in [0.4, 0.5) is 0 Å². The molecule has 82 heavy (non-hydrogen) atoms. The molecule has 0 saturated heterocycles. The highest BCUT2D eigenvalue weighted by Gasteiger charge is 2.34. The van der Waals surface area contributed by atoms with Crippen LogP contribution in [0, 0.1) is 0 Å². The van der Waals surface area contributed by atoms with Crippen molar-refractivity contribution >= 4 is 53.2 Å². The van der Waals surface area contributed by atoms with Crippen LogP contribution >= 0.6 is 0 Å². The minimum Gasteiger partial charge on any atom is -0.508 e. The minimum absolute atomic E-state index is 0.0189. The number of aliphatic hydroxyl groups is 2. The van der Waals surface area contributed by atoms with E-state index in [9.17, 15) is 63.6 Å². The van der Waals surface area contributed by atoms with Crippen LogP contribution in [0.25, 0.3) is 0 Å². The number of carbonyl (C=O) groups excluding carboxylic acids is 8. The van der Waals surface area contributed by atoms with Gasteiger partial charge in [-0.25, -0.2) is 0 Å². The molecule has 22 nitrogen and oxygen atoms in total. The van der Waals surface area contributed by atoms with Crippen molar-refractivity contribution in [3.05, 3.63) is 95.8 Å². The molecule has 0 fully saturated rings. The Kier molecular flexibility index (Phi) is 33.4. The molecular weight excluding hydrogens is 1050 g/mol. The number of hydrogen-bond acceptors (Lipinski definition) is 13. The molecule has 3 aromatic rings. The summed E-state index contributed by atoms with van der Waals surface area (Å²) in [6, 6.07) is 7.80. The Labute approximate surface area is 481 Å². The van der Waals surface area contributed by atoms with Crippen molar-refractivity contribution in [2.24, 2.45) is 0 Å². The lowest BCUT2D eigenvalue weighted by molar-refractivity contribution is -0.138. The lowest BCUT2D eigenvalue weighted by atomic mass is 10.0. The fourth-order valence-corrected chi connectivity index (χ4v) is 9.08. The second-order valence-electron chi connectivity index (χ2n) is 20.7. The number of carboxylic acid groups (broad SMARTS) is 1. The lowest BCUT2D eigenvalue weighted by Crippen LogP contribution is -2.61. The number of aromatic nitrogens is 1. The standard InChI is InChI=1S/C60H89N9O13/c1-4-6-8-9-10-11-12-13-14-15-16-17-21-27-52(73)63-50(39-70)59(81)68-48(36-42-28-30-44(72)31-29-42)58(80)69-51(40-71)60(82)64-45(26-7-5-2)55(77)65-46(32-33-53(74)75)56(78)67-49(37-43-25-22-34-62-38-43)57(79)66-47(54(76)61-3)35-41-23-19-18-20-24-41/h18-20,22-25,28-31,34,38,45-51,70-72H,4-17,21,26-27,32-33,35-37,39-40H2,1-3H3,(H,61,76)(H,63,73)(H,64,82)(H,65,77)(H,66,79)(H,67,78)(H,68,81)(H,69,80)(H,74,75)/t45-,46-,47+,48-,49+,50-,51-/m0/s1. The van der Waals surface area contributed by atoms with E-state index >= 15 is 0 Å². The van der Waals surface area contributed by atoms with Crippen LogP contribution in [0.1, 0.15) is 153 Å². The van der Waals surface area contributed by atoms with Gasteiger partial charge >= 0.3 is 5.97 Å². The number of pyridine rings is 1. The molecule has 8 amide bonds. The number of rotatable bonds is 42. The number of nitrogens with one attached hydrogen (secondary N) is 8. The lowest BCUT2D eigenvalue weighted by Gasteiger charge is -2.27. The second-order valence-corrected chi connectivity index (χ2v) is 20.7. The maximum Gasteiger partial charge on any atom is 0.303 e. The number of amides is 8. The highest BCUT2D eigenvalue weighted by atomic mass is 16.4. The molecule has 0 aliphatic rings. The zero-order chi connectivity index (χ0) is 60.1. The molecule has 0 saturated carbocycles. The zero-order valence-electron chi connectivity index (χ0n) is 47.9. The van der Waals surface area contributed by atoms with Crippen molar-refractivity contribution in [1.29, 1.82) is 0 Å². The van der Waals surface area contributed by atoms with Crippen molar-refractivity contribution in [2.75, 3.05) is 20.3 Å². The number of likely N-dealkylation sites (N-methyl/N-ethyl adjacent to an activating group) is 1. The zero-order valence-corrected chi connectivity index (χ0v) is 47.9. The van der Waals surface area contributed by atoms with Gasteiger partial charge < -0.3 is 63.0 Å². The summed E-state index contributed by atoms with van der Waals surface area (Å²) < 4.78 is 0. The molecule has 22 heteroatoms. The molecule has 452 valence electrons. The summed E-state index contributed by atoms with van der Waals surface area (Å²) in [4.78, 5) is 126. The molecule has 0 radical (unpaired) electrons. The number of aromatic hydroxyl groups is 1. The van der Waals surface area contributed by atoms with Crippen LogP contribution < -0.4 is 42.5 Å². The number of phenolic OH excluding ortho intramolecular Hbond substituents is 1. The Morgan fingerprint density at radius 1 is 0.427 bits per heavy atom. The molecule has 0 spiro atoms. The van der Waals surface area contributed by atoms with Gasteiger partial charge in [-0.1, -0.05) is 152 Å². The number of carbonyl (C=O) groups is 9. The third-order valence-electron chi connectivity index (χ3n) is 13.9. The summed E-state index contributed by atoms with van der Waals surface area (Å²) in [5, 5.41) is 60.6. The maximum absolute atomic E-state index is 14.2. The Bertz CT molecular complexity index is 2420. The van der Waals surface area contributed by atoms with Crippen molar-refractivity contribution in [2.45, 2.75) is 197 Å². The molecule has 1 aromatic heterocycles. The van der Waals surface area contributed by atoms with Gasteiger partial charge in [-0.15, -0.1) is 0 Å². The fourth-order valence-electron chi connectivity index (χ4n) is 9.08. The van der Waals surface area contributed by atoms with Crippen molar-refractivity contribution in [3.63, 3.8) is 0 Å². The van der Waals surface area contributed by atoms with Crippen LogP contribution in [-0.4, -0.2) is 141 Å². The van der Waals surface area contributed by atoms with E-state index < -0.39 is 122 Å². The Hall–Kier alpha value is -7.46. The van der Waals surface area contributed by atoms with E-state index in [-0.39, 0.29) is 37.9 Å². The van der Waals surface area contributed by atoms with Gasteiger partial charge in [0.1, 0.15) is 48.0 Å². The summed E-state index contributed by atoms with van der Waals surface area (Å²) in [5.41, 5.74) is 1.71. The van der Waals surface area contributed by atoms with Gasteiger partial charge in [0.15, 0.2) is 0 Å². The van der Waals surface area contributed by atoms with Gasteiger partial charge in [0, 0.05) is 51.5 Å². The first-order valence-electron chi connectivity index (χ1n) is 29.0. The summed E-state index contributed by atoms with van der Waals surface area (Å²) in [6.45, 7) is 2.22. The molecule has 2 aromatic carbocycles. The van der Waals surface area contributed by atoms with E-state index in [2.05, 4.69) is 54.4 Å². The van der Waals surface area contributed by atoms with Gasteiger partial charge in [0.05, 0.1) is 13.2 Å². The Morgan fingerprint density at radius 2 is 0.829 bits per heavy atom. The molecular formula is C60H89N9O13. The SMILES string of the molecule is CCCCCCCCCCCCCCCC(=O)N[C@@H](CO)C(=O)N[C@@H](Cc1ccc(O)cc1)C(=O)N[C@@H](CO)C(=O)N[C@@H](CCCC)C(=O)N[C@@H](CCC(=O)O)C(=O)N[C@H](Cc1cccnc1)C(=O)N[C@H](Cc1ccccc1)C(=O)NC. The van der Waals surface area contributed by atoms with Crippen molar-refractivity contribution in [1.82, 2.24) is 47.5 Å². The number of hydrogen-bond donors (Lipinski definition) is 12. The number of aliphatic carboxylic acids is 1. The first-order chi connectivity index (χ1) is 39.5. The van der Waals surface area contributed by atoms with Gasteiger partial charge in [-0.05, 0) is 54.2 Å². The molecule has 7 atom stereocenters. The van der Waals surface area contributed by atoms with Gasteiger partial charge in [0.2, 0.25) is 47.3 Å². The highest BCUT2D eigenvalue weighted by Crippen LogP contribution is 2.15. The van der Waals surface area contributed by atoms with E-state index in [1.807, 2.05) is 6.92 Å².